The molecule has 0 radical (unpaired) electrons. The summed E-state index contributed by atoms with van der Waals surface area (Å²) in [7, 11) is 1.78. The molecule has 0 aliphatic carbocycles. The Kier molecular flexibility index (Phi) is 3.12. The lowest BCUT2D eigenvalue weighted by molar-refractivity contribution is 0.0956. The molecule has 0 fully saturated rings. The van der Waals surface area contributed by atoms with Crippen molar-refractivity contribution in [3.8, 4) is 11.3 Å². The quantitative estimate of drug-likeness (QED) is 0.728. The zero-order valence-corrected chi connectivity index (χ0v) is 9.54. The number of aliphatic hydroxyl groups is 2. The van der Waals surface area contributed by atoms with Crippen LogP contribution in [0.2, 0.25) is 0 Å². The maximum atomic E-state index is 9.45. The third kappa shape index (κ3) is 2.30. The molecule has 4 N–H and O–H groups in total. The Bertz CT molecular complexity index is 485. The van der Waals surface area contributed by atoms with Crippen molar-refractivity contribution in [1.29, 1.82) is 0 Å². The zero-order valence-electron chi connectivity index (χ0n) is 9.54. The first-order valence-corrected chi connectivity index (χ1v) is 5.30. The molecule has 0 saturated heterocycles. The minimum Gasteiger partial charge on any atom is -0.393 e. The summed E-state index contributed by atoms with van der Waals surface area (Å²) in [6.07, 6.45) is -0.835. The second-order valence-corrected chi connectivity index (χ2v) is 3.90. The first-order chi connectivity index (χ1) is 8.11. The Morgan fingerprint density at radius 2 is 2.00 bits per heavy atom. The van der Waals surface area contributed by atoms with Crippen molar-refractivity contribution in [2.45, 2.75) is 6.10 Å². The molecule has 1 heterocycles. The lowest BCUT2D eigenvalue weighted by atomic mass is 10.1. The Morgan fingerprint density at radius 1 is 1.35 bits per heavy atom. The minimum absolute atomic E-state index is 0.282. The van der Waals surface area contributed by atoms with Crippen LogP contribution in [-0.4, -0.2) is 26.6 Å². The molecule has 0 saturated carbocycles. The van der Waals surface area contributed by atoms with E-state index in [0.29, 0.717) is 11.4 Å². The lowest BCUT2D eigenvalue weighted by Crippen LogP contribution is -2.01. The van der Waals surface area contributed by atoms with Gasteiger partial charge in [-0.15, -0.1) is 0 Å². The predicted octanol–water partition coefficient (Wildman–Crippen LogP) is 0.695. The summed E-state index contributed by atoms with van der Waals surface area (Å²) in [5, 5.41) is 22.5. The number of hydrogen-bond acceptors (Lipinski definition) is 4. The number of nitrogen functional groups attached to an aromatic ring is 1. The highest BCUT2D eigenvalue weighted by atomic mass is 16.3. The molecule has 2 aromatic rings. The average Bonchev–Trinajstić information content (AvgIpc) is 2.69. The van der Waals surface area contributed by atoms with Gasteiger partial charge in [-0.2, -0.15) is 5.10 Å². The Morgan fingerprint density at radius 3 is 2.47 bits per heavy atom. The number of aromatic nitrogens is 2. The Labute approximate surface area is 99.1 Å². The zero-order chi connectivity index (χ0) is 12.4. The highest BCUT2D eigenvalue weighted by Crippen LogP contribution is 2.22. The van der Waals surface area contributed by atoms with Crippen molar-refractivity contribution < 1.29 is 10.2 Å². The van der Waals surface area contributed by atoms with Crippen LogP contribution < -0.4 is 5.73 Å². The second kappa shape index (κ2) is 4.57. The van der Waals surface area contributed by atoms with E-state index >= 15 is 0 Å². The van der Waals surface area contributed by atoms with Gasteiger partial charge < -0.3 is 15.9 Å². The van der Waals surface area contributed by atoms with Gasteiger partial charge in [-0.3, -0.25) is 4.68 Å². The summed E-state index contributed by atoms with van der Waals surface area (Å²) in [6, 6.07) is 9.01. The maximum Gasteiger partial charge on any atom is 0.121 e. The molecule has 0 spiro atoms. The van der Waals surface area contributed by atoms with Crippen molar-refractivity contribution in [2.24, 2.45) is 7.05 Å². The standard InChI is InChI=1S/C12H15N3O2/c1-15-12(13)6-10(14-15)8-2-4-9(5-3-8)11(17)7-16/h2-6,11,16-17H,7,13H2,1H3. The van der Waals surface area contributed by atoms with Crippen molar-refractivity contribution in [2.75, 3.05) is 12.3 Å². The fourth-order valence-electron chi connectivity index (χ4n) is 1.60. The fourth-order valence-corrected chi connectivity index (χ4v) is 1.60. The predicted molar refractivity (Wildman–Crippen MR) is 65.1 cm³/mol. The lowest BCUT2D eigenvalue weighted by Gasteiger charge is -2.07. The largest absolute Gasteiger partial charge is 0.393 e. The summed E-state index contributed by atoms with van der Waals surface area (Å²) in [5.41, 5.74) is 8.10. The number of aryl methyl sites for hydroxylation is 1. The third-order valence-corrected chi connectivity index (χ3v) is 2.68. The topological polar surface area (TPSA) is 84.3 Å². The van der Waals surface area contributed by atoms with Gasteiger partial charge >= 0.3 is 0 Å². The van der Waals surface area contributed by atoms with Crippen molar-refractivity contribution >= 4 is 5.82 Å². The highest BCUT2D eigenvalue weighted by molar-refractivity contribution is 5.62. The molecule has 0 aliphatic heterocycles. The first-order valence-electron chi connectivity index (χ1n) is 5.30. The van der Waals surface area contributed by atoms with Gasteiger partial charge in [-0.25, -0.2) is 0 Å². The van der Waals surface area contributed by atoms with E-state index in [1.165, 1.54) is 0 Å². The van der Waals surface area contributed by atoms with E-state index in [2.05, 4.69) is 5.10 Å². The smallest absolute Gasteiger partial charge is 0.121 e. The van der Waals surface area contributed by atoms with Crippen LogP contribution >= 0.6 is 0 Å². The van der Waals surface area contributed by atoms with Crippen LogP contribution in [0.15, 0.2) is 30.3 Å². The molecule has 1 aromatic carbocycles. The molecule has 17 heavy (non-hydrogen) atoms. The number of anilines is 1. The average molecular weight is 233 g/mol. The van der Waals surface area contributed by atoms with Gasteiger partial charge in [0.2, 0.25) is 0 Å². The Hall–Kier alpha value is -1.85. The van der Waals surface area contributed by atoms with Gasteiger partial charge in [0.05, 0.1) is 12.3 Å². The number of aliphatic hydroxyl groups excluding tert-OH is 2. The van der Waals surface area contributed by atoms with Crippen molar-refractivity contribution in [1.82, 2.24) is 9.78 Å². The van der Waals surface area contributed by atoms with Crippen LogP contribution in [0, 0.1) is 0 Å². The van der Waals surface area contributed by atoms with Crippen LogP contribution in [0.1, 0.15) is 11.7 Å². The first kappa shape index (κ1) is 11.6. The molecule has 1 unspecified atom stereocenters. The minimum atomic E-state index is -0.835. The van der Waals surface area contributed by atoms with Gasteiger partial charge in [0.25, 0.3) is 0 Å². The molecular weight excluding hydrogens is 218 g/mol. The Balaban J connectivity index is 2.29. The summed E-state index contributed by atoms with van der Waals surface area (Å²) < 4.78 is 1.60. The van der Waals surface area contributed by atoms with E-state index in [4.69, 9.17) is 10.8 Å². The van der Waals surface area contributed by atoms with Crippen LogP contribution in [-0.2, 0) is 7.05 Å². The summed E-state index contributed by atoms with van der Waals surface area (Å²) in [4.78, 5) is 0. The summed E-state index contributed by atoms with van der Waals surface area (Å²) in [6.45, 7) is -0.282. The SMILES string of the molecule is Cn1nc(-c2ccc(C(O)CO)cc2)cc1N. The van der Waals surface area contributed by atoms with Gasteiger partial charge in [0.15, 0.2) is 0 Å². The van der Waals surface area contributed by atoms with E-state index in [-0.39, 0.29) is 6.61 Å². The number of nitrogens with zero attached hydrogens (tertiary/aromatic N) is 2. The van der Waals surface area contributed by atoms with Crippen LogP contribution in [0.3, 0.4) is 0 Å². The van der Waals surface area contributed by atoms with E-state index in [9.17, 15) is 5.11 Å². The van der Waals surface area contributed by atoms with E-state index in [1.54, 1.807) is 29.9 Å². The molecule has 5 heteroatoms. The van der Waals surface area contributed by atoms with Gasteiger partial charge in [-0.05, 0) is 5.56 Å². The molecule has 1 aromatic heterocycles. The normalized spacial score (nSPS) is 12.6. The third-order valence-electron chi connectivity index (χ3n) is 2.68. The van der Waals surface area contributed by atoms with Crippen LogP contribution in [0.5, 0.6) is 0 Å². The number of hydrogen-bond donors (Lipinski definition) is 3. The molecule has 0 aliphatic rings. The van der Waals surface area contributed by atoms with Crippen LogP contribution in [0.4, 0.5) is 5.82 Å². The number of nitrogens with two attached hydrogens (primary N) is 1. The van der Waals surface area contributed by atoms with Gasteiger partial charge in [0.1, 0.15) is 11.9 Å². The molecule has 2 rings (SSSR count). The number of rotatable bonds is 3. The summed E-state index contributed by atoms with van der Waals surface area (Å²) in [5.74, 6) is 0.597. The molecule has 90 valence electrons. The second-order valence-electron chi connectivity index (χ2n) is 3.90. The molecule has 1 atom stereocenters. The summed E-state index contributed by atoms with van der Waals surface area (Å²) >= 11 is 0. The van der Waals surface area contributed by atoms with E-state index in [1.807, 2.05) is 12.1 Å². The maximum absolute atomic E-state index is 9.45. The van der Waals surface area contributed by atoms with Crippen LogP contribution in [0.25, 0.3) is 11.3 Å². The van der Waals surface area contributed by atoms with Gasteiger partial charge in [-0.1, -0.05) is 24.3 Å². The van der Waals surface area contributed by atoms with E-state index in [0.717, 1.165) is 11.3 Å². The molecular formula is C12H15N3O2. The van der Waals surface area contributed by atoms with Gasteiger partial charge in [0, 0.05) is 18.7 Å². The van der Waals surface area contributed by atoms with Crippen molar-refractivity contribution in [3.05, 3.63) is 35.9 Å². The molecule has 5 nitrogen and oxygen atoms in total. The fraction of sp³-hybridized carbons (Fsp3) is 0.250. The van der Waals surface area contributed by atoms with Crippen molar-refractivity contribution in [3.63, 3.8) is 0 Å². The number of benzene rings is 1. The molecule has 0 amide bonds. The monoisotopic (exact) mass is 233 g/mol. The molecule has 0 bridgehead atoms. The highest BCUT2D eigenvalue weighted by Gasteiger charge is 2.08. The van der Waals surface area contributed by atoms with E-state index < -0.39 is 6.10 Å².